The van der Waals surface area contributed by atoms with Crippen molar-refractivity contribution < 1.29 is 5.11 Å². The van der Waals surface area contributed by atoms with Crippen LogP contribution in [0.4, 0.5) is 5.82 Å². The van der Waals surface area contributed by atoms with Gasteiger partial charge >= 0.3 is 0 Å². The van der Waals surface area contributed by atoms with Gasteiger partial charge in [-0.3, -0.25) is 0 Å². The molecule has 13 heavy (non-hydrogen) atoms. The van der Waals surface area contributed by atoms with E-state index in [0.717, 1.165) is 24.5 Å². The highest BCUT2D eigenvalue weighted by molar-refractivity contribution is 5.37. The van der Waals surface area contributed by atoms with Gasteiger partial charge in [0.1, 0.15) is 5.82 Å². The number of aliphatic hydroxyl groups excluding tert-OH is 1. The molecule has 1 N–H and O–H groups in total. The number of pyridine rings is 1. The first-order valence-corrected chi connectivity index (χ1v) is 4.56. The van der Waals surface area contributed by atoms with E-state index in [1.54, 1.807) is 0 Å². The fraction of sp³-hybridized carbons (Fsp3) is 0.500. The summed E-state index contributed by atoms with van der Waals surface area (Å²) in [4.78, 5) is 6.37. The zero-order chi connectivity index (χ0) is 9.68. The number of hydrogen-bond donors (Lipinski definition) is 1. The van der Waals surface area contributed by atoms with Gasteiger partial charge in [0.15, 0.2) is 0 Å². The Hall–Kier alpha value is -1.09. The summed E-state index contributed by atoms with van der Waals surface area (Å²) in [6.45, 7) is 3.13. The highest BCUT2D eigenvalue weighted by Gasteiger charge is 2.00. The highest BCUT2D eigenvalue weighted by atomic mass is 16.3. The third-order valence-corrected chi connectivity index (χ3v) is 1.90. The van der Waals surface area contributed by atoms with E-state index in [2.05, 4.69) is 16.8 Å². The van der Waals surface area contributed by atoms with E-state index in [1.165, 1.54) is 0 Å². The van der Waals surface area contributed by atoms with E-state index in [9.17, 15) is 0 Å². The predicted octanol–water partition coefficient (Wildman–Crippen LogP) is 1.42. The predicted molar refractivity (Wildman–Crippen MR) is 53.7 cm³/mol. The van der Waals surface area contributed by atoms with Crippen molar-refractivity contribution in [3.05, 3.63) is 23.9 Å². The number of hydrogen-bond acceptors (Lipinski definition) is 3. The Labute approximate surface area is 79.0 Å². The van der Waals surface area contributed by atoms with Crippen molar-refractivity contribution in [1.82, 2.24) is 4.98 Å². The number of aromatic nitrogens is 1. The average molecular weight is 180 g/mol. The van der Waals surface area contributed by atoms with Gasteiger partial charge in [-0.25, -0.2) is 4.98 Å². The lowest BCUT2D eigenvalue weighted by molar-refractivity contribution is 0.277. The molecule has 0 bridgehead atoms. The van der Waals surface area contributed by atoms with Gasteiger partial charge in [0, 0.05) is 13.6 Å². The fourth-order valence-electron chi connectivity index (χ4n) is 1.22. The normalized spacial score (nSPS) is 10.1. The van der Waals surface area contributed by atoms with E-state index >= 15 is 0 Å². The number of anilines is 1. The Morgan fingerprint density at radius 1 is 1.46 bits per heavy atom. The first kappa shape index (κ1) is 9.99. The summed E-state index contributed by atoms with van der Waals surface area (Å²) in [6, 6.07) is 5.69. The molecular formula is C10H16N2O. The molecule has 1 aromatic heterocycles. The molecule has 0 saturated carbocycles. The van der Waals surface area contributed by atoms with E-state index in [4.69, 9.17) is 5.11 Å². The Kier molecular flexibility index (Phi) is 3.71. The van der Waals surface area contributed by atoms with Crippen molar-refractivity contribution in [1.29, 1.82) is 0 Å². The molecule has 0 fully saturated rings. The van der Waals surface area contributed by atoms with E-state index in [0.29, 0.717) is 0 Å². The Morgan fingerprint density at radius 2 is 2.23 bits per heavy atom. The number of rotatable bonds is 4. The maximum atomic E-state index is 8.89. The van der Waals surface area contributed by atoms with Gasteiger partial charge in [0.2, 0.25) is 0 Å². The van der Waals surface area contributed by atoms with Crippen LogP contribution in [0.5, 0.6) is 0 Å². The summed E-state index contributed by atoms with van der Waals surface area (Å²) in [5.41, 5.74) is 0.723. The van der Waals surface area contributed by atoms with Crippen LogP contribution < -0.4 is 4.90 Å². The standard InChI is InChI=1S/C10H16N2O/c1-3-7-12(2)10-6-4-5-9(8-13)11-10/h4-6,13H,3,7-8H2,1-2H3. The van der Waals surface area contributed by atoms with Crippen LogP contribution in [-0.4, -0.2) is 23.7 Å². The average Bonchev–Trinajstić information content (AvgIpc) is 2.18. The Morgan fingerprint density at radius 3 is 2.85 bits per heavy atom. The third-order valence-electron chi connectivity index (χ3n) is 1.90. The molecule has 0 aliphatic carbocycles. The second-order valence-corrected chi connectivity index (χ2v) is 3.07. The maximum Gasteiger partial charge on any atom is 0.128 e. The molecule has 3 heteroatoms. The smallest absolute Gasteiger partial charge is 0.128 e. The molecule has 0 aromatic carbocycles. The monoisotopic (exact) mass is 180 g/mol. The minimum absolute atomic E-state index is 0.00774. The quantitative estimate of drug-likeness (QED) is 0.761. The zero-order valence-corrected chi connectivity index (χ0v) is 8.20. The first-order valence-electron chi connectivity index (χ1n) is 4.56. The molecule has 0 saturated heterocycles. The summed E-state index contributed by atoms with van der Waals surface area (Å²) in [7, 11) is 2.01. The highest BCUT2D eigenvalue weighted by Crippen LogP contribution is 2.09. The SMILES string of the molecule is CCCN(C)c1cccc(CO)n1. The van der Waals surface area contributed by atoms with Gasteiger partial charge in [-0.05, 0) is 18.6 Å². The van der Waals surface area contributed by atoms with Crippen LogP contribution in [0.15, 0.2) is 18.2 Å². The van der Waals surface area contributed by atoms with Gasteiger partial charge in [0.05, 0.1) is 12.3 Å². The van der Waals surface area contributed by atoms with Crippen LogP contribution in [-0.2, 0) is 6.61 Å². The molecular weight excluding hydrogens is 164 g/mol. The topological polar surface area (TPSA) is 36.4 Å². The minimum Gasteiger partial charge on any atom is -0.390 e. The number of aliphatic hydroxyl groups is 1. The maximum absolute atomic E-state index is 8.89. The largest absolute Gasteiger partial charge is 0.390 e. The van der Waals surface area contributed by atoms with Crippen molar-refractivity contribution in [3.63, 3.8) is 0 Å². The lowest BCUT2D eigenvalue weighted by Crippen LogP contribution is -2.19. The molecule has 0 atom stereocenters. The molecule has 1 heterocycles. The van der Waals surface area contributed by atoms with Gasteiger partial charge in [-0.1, -0.05) is 13.0 Å². The molecule has 0 aliphatic rings. The van der Waals surface area contributed by atoms with Gasteiger partial charge in [-0.2, -0.15) is 0 Å². The minimum atomic E-state index is 0.00774. The van der Waals surface area contributed by atoms with E-state index in [1.807, 2.05) is 25.2 Å². The summed E-state index contributed by atoms with van der Waals surface area (Å²) < 4.78 is 0. The molecule has 72 valence electrons. The fourth-order valence-corrected chi connectivity index (χ4v) is 1.22. The molecule has 0 unspecified atom stereocenters. The van der Waals surface area contributed by atoms with Gasteiger partial charge in [-0.15, -0.1) is 0 Å². The van der Waals surface area contributed by atoms with Crippen LogP contribution in [0.3, 0.4) is 0 Å². The second kappa shape index (κ2) is 4.82. The van der Waals surface area contributed by atoms with Crippen molar-refractivity contribution in [2.24, 2.45) is 0 Å². The number of nitrogens with zero attached hydrogens (tertiary/aromatic N) is 2. The van der Waals surface area contributed by atoms with Crippen LogP contribution in [0.1, 0.15) is 19.0 Å². The summed E-state index contributed by atoms with van der Waals surface area (Å²) >= 11 is 0. The lowest BCUT2D eigenvalue weighted by Gasteiger charge is -2.17. The Bertz CT molecular complexity index is 263. The van der Waals surface area contributed by atoms with Crippen LogP contribution in [0.2, 0.25) is 0 Å². The summed E-state index contributed by atoms with van der Waals surface area (Å²) in [5.74, 6) is 0.924. The van der Waals surface area contributed by atoms with Crippen molar-refractivity contribution >= 4 is 5.82 Å². The molecule has 3 nitrogen and oxygen atoms in total. The lowest BCUT2D eigenvalue weighted by atomic mass is 10.3. The Balaban J connectivity index is 2.75. The molecule has 0 amide bonds. The van der Waals surface area contributed by atoms with Gasteiger partial charge in [0.25, 0.3) is 0 Å². The third kappa shape index (κ3) is 2.70. The molecule has 0 aliphatic heterocycles. The van der Waals surface area contributed by atoms with Crippen LogP contribution in [0.25, 0.3) is 0 Å². The van der Waals surface area contributed by atoms with Crippen LogP contribution >= 0.6 is 0 Å². The van der Waals surface area contributed by atoms with Crippen LogP contribution in [0, 0.1) is 0 Å². The first-order chi connectivity index (χ1) is 6.27. The summed E-state index contributed by atoms with van der Waals surface area (Å²) in [5, 5.41) is 8.89. The van der Waals surface area contributed by atoms with Crippen molar-refractivity contribution in [3.8, 4) is 0 Å². The van der Waals surface area contributed by atoms with Crippen molar-refractivity contribution in [2.75, 3.05) is 18.5 Å². The molecule has 0 spiro atoms. The molecule has 0 radical (unpaired) electrons. The second-order valence-electron chi connectivity index (χ2n) is 3.07. The molecule has 1 rings (SSSR count). The zero-order valence-electron chi connectivity index (χ0n) is 8.20. The van der Waals surface area contributed by atoms with E-state index < -0.39 is 0 Å². The summed E-state index contributed by atoms with van der Waals surface area (Å²) in [6.07, 6.45) is 1.10. The van der Waals surface area contributed by atoms with Crippen molar-refractivity contribution in [2.45, 2.75) is 20.0 Å². The van der Waals surface area contributed by atoms with E-state index in [-0.39, 0.29) is 6.61 Å². The molecule has 1 aromatic rings. The van der Waals surface area contributed by atoms with Gasteiger partial charge < -0.3 is 10.0 Å².